The van der Waals surface area contributed by atoms with Gasteiger partial charge in [0.15, 0.2) is 0 Å². The summed E-state index contributed by atoms with van der Waals surface area (Å²) in [7, 11) is 0. The van der Waals surface area contributed by atoms with Crippen LogP contribution in [0.4, 0.5) is 4.79 Å². The van der Waals surface area contributed by atoms with Crippen LogP contribution in [-0.4, -0.2) is 26.6 Å². The number of urea groups is 1. The maximum atomic E-state index is 12.3. The van der Waals surface area contributed by atoms with Crippen LogP contribution in [0.2, 0.25) is 5.02 Å². The molecule has 1 aromatic carbocycles. The van der Waals surface area contributed by atoms with Crippen molar-refractivity contribution in [2.75, 3.05) is 0 Å². The first-order chi connectivity index (χ1) is 13.7. The summed E-state index contributed by atoms with van der Waals surface area (Å²) >= 11 is 5.97. The fourth-order valence-electron chi connectivity index (χ4n) is 3.68. The van der Waals surface area contributed by atoms with Gasteiger partial charge in [-0.15, -0.1) is 0 Å². The number of nitrogens with zero attached hydrogens (tertiary/aromatic N) is 3. The zero-order valence-corrected chi connectivity index (χ0v) is 16.1. The van der Waals surface area contributed by atoms with E-state index in [1.807, 2.05) is 35.0 Å². The van der Waals surface area contributed by atoms with Crippen LogP contribution < -0.4 is 10.6 Å². The molecule has 2 heterocycles. The molecule has 144 valence electrons. The van der Waals surface area contributed by atoms with Gasteiger partial charge in [-0.2, -0.15) is 0 Å². The first-order valence-electron chi connectivity index (χ1n) is 9.40. The average molecular weight is 396 g/mol. The molecule has 1 aliphatic rings. The van der Waals surface area contributed by atoms with E-state index in [1.165, 1.54) is 5.56 Å². The van der Waals surface area contributed by atoms with Gasteiger partial charge in [-0.3, -0.25) is 4.57 Å². The van der Waals surface area contributed by atoms with Crippen LogP contribution in [0.1, 0.15) is 36.3 Å². The smallest absolute Gasteiger partial charge is 0.315 e. The van der Waals surface area contributed by atoms with Gasteiger partial charge in [0.2, 0.25) is 0 Å². The number of pyridine rings is 1. The number of hydrogen-bond acceptors (Lipinski definition) is 3. The van der Waals surface area contributed by atoms with Gasteiger partial charge in [0.05, 0.1) is 0 Å². The van der Waals surface area contributed by atoms with Crippen molar-refractivity contribution in [1.29, 1.82) is 0 Å². The third kappa shape index (κ3) is 4.51. The van der Waals surface area contributed by atoms with Gasteiger partial charge < -0.3 is 10.6 Å². The van der Waals surface area contributed by atoms with Gasteiger partial charge in [0.25, 0.3) is 0 Å². The normalized spacial score (nSPS) is 18.8. The van der Waals surface area contributed by atoms with Crippen LogP contribution >= 0.6 is 11.6 Å². The Balaban J connectivity index is 1.27. The minimum Gasteiger partial charge on any atom is -0.335 e. The van der Waals surface area contributed by atoms with Crippen LogP contribution in [0.3, 0.4) is 0 Å². The minimum atomic E-state index is -0.136. The molecule has 4 rings (SSSR count). The van der Waals surface area contributed by atoms with E-state index in [9.17, 15) is 4.79 Å². The fraction of sp³-hybridized carbons (Fsp3) is 0.286. The molecular formula is C21H22ClN5O. The molecule has 2 amide bonds. The van der Waals surface area contributed by atoms with Gasteiger partial charge >= 0.3 is 6.03 Å². The van der Waals surface area contributed by atoms with Gasteiger partial charge in [0, 0.05) is 36.2 Å². The summed E-state index contributed by atoms with van der Waals surface area (Å²) < 4.78 is 1.83. The highest BCUT2D eigenvalue weighted by Gasteiger charge is 2.26. The van der Waals surface area contributed by atoms with Crippen molar-refractivity contribution >= 4 is 17.6 Å². The number of imidazole rings is 1. The molecule has 28 heavy (non-hydrogen) atoms. The fourth-order valence-corrected chi connectivity index (χ4v) is 3.80. The van der Waals surface area contributed by atoms with Crippen molar-refractivity contribution in [3.63, 3.8) is 0 Å². The maximum absolute atomic E-state index is 12.3. The van der Waals surface area contributed by atoms with Crippen LogP contribution in [0.15, 0.2) is 61.3 Å². The van der Waals surface area contributed by atoms with E-state index in [0.29, 0.717) is 12.5 Å². The predicted octanol–water partition coefficient (Wildman–Crippen LogP) is 4.06. The monoisotopic (exact) mass is 395 g/mol. The van der Waals surface area contributed by atoms with Crippen molar-refractivity contribution in [3.05, 3.63) is 77.5 Å². The number of amides is 2. The molecule has 1 saturated carbocycles. The van der Waals surface area contributed by atoms with Crippen molar-refractivity contribution in [3.8, 4) is 5.82 Å². The van der Waals surface area contributed by atoms with Crippen molar-refractivity contribution < 1.29 is 4.79 Å². The third-order valence-corrected chi connectivity index (χ3v) is 5.39. The number of nitrogens with one attached hydrogen (secondary N) is 2. The van der Waals surface area contributed by atoms with Gasteiger partial charge in [-0.1, -0.05) is 23.7 Å². The molecule has 1 aliphatic carbocycles. The molecule has 0 aliphatic heterocycles. The Hall–Kier alpha value is -2.86. The second-order valence-electron chi connectivity index (χ2n) is 7.08. The maximum Gasteiger partial charge on any atom is 0.315 e. The summed E-state index contributed by atoms with van der Waals surface area (Å²) in [6, 6.07) is 11.9. The lowest BCUT2D eigenvalue weighted by molar-refractivity contribution is 0.236. The van der Waals surface area contributed by atoms with Gasteiger partial charge in [-0.05, 0) is 60.6 Å². The molecule has 1 fully saturated rings. The Bertz CT molecular complexity index is 926. The first kappa shape index (κ1) is 18.5. The lowest BCUT2D eigenvalue weighted by Crippen LogP contribution is -2.40. The summed E-state index contributed by atoms with van der Waals surface area (Å²) in [6.07, 6.45) is 9.99. The Morgan fingerprint density at radius 3 is 2.82 bits per heavy atom. The molecule has 2 unspecified atom stereocenters. The summed E-state index contributed by atoms with van der Waals surface area (Å²) in [5, 5.41) is 6.79. The van der Waals surface area contributed by atoms with Crippen molar-refractivity contribution in [2.45, 2.75) is 37.8 Å². The molecule has 2 N–H and O–H groups in total. The number of aromatic nitrogens is 3. The van der Waals surface area contributed by atoms with Gasteiger partial charge in [0.1, 0.15) is 12.1 Å². The highest BCUT2D eigenvalue weighted by molar-refractivity contribution is 6.30. The summed E-state index contributed by atoms with van der Waals surface area (Å²) in [4.78, 5) is 20.7. The Morgan fingerprint density at radius 1 is 1.18 bits per heavy atom. The first-order valence-corrected chi connectivity index (χ1v) is 9.78. The van der Waals surface area contributed by atoms with Crippen LogP contribution in [0.25, 0.3) is 5.82 Å². The standard InChI is InChI=1S/C21H22ClN5O/c22-18-4-1-16(2-5-18)17-3-6-19(12-17)26-21(28)25-13-15-7-8-24-20(11-15)27-10-9-23-14-27/h1-2,4-5,7-11,14,17,19H,3,6,12-13H2,(H2,25,26,28). The average Bonchev–Trinajstić information content (AvgIpc) is 3.40. The summed E-state index contributed by atoms with van der Waals surface area (Å²) in [5.74, 6) is 1.25. The number of benzene rings is 1. The third-order valence-electron chi connectivity index (χ3n) is 5.14. The van der Waals surface area contributed by atoms with Gasteiger partial charge in [-0.25, -0.2) is 14.8 Å². The summed E-state index contributed by atoms with van der Waals surface area (Å²) in [6.45, 7) is 0.448. The Morgan fingerprint density at radius 2 is 2.04 bits per heavy atom. The SMILES string of the molecule is O=C(NCc1ccnc(-n2ccnc2)c1)NC1CCC(c2ccc(Cl)cc2)C1. The van der Waals surface area contributed by atoms with E-state index in [1.54, 1.807) is 18.7 Å². The van der Waals surface area contributed by atoms with Crippen LogP contribution in [0, 0.1) is 0 Å². The van der Waals surface area contributed by atoms with Crippen LogP contribution in [0.5, 0.6) is 0 Å². The molecule has 0 radical (unpaired) electrons. The molecular weight excluding hydrogens is 374 g/mol. The highest BCUT2D eigenvalue weighted by Crippen LogP contribution is 2.34. The Kier molecular flexibility index (Phi) is 5.58. The molecule has 6 nitrogen and oxygen atoms in total. The lowest BCUT2D eigenvalue weighted by Gasteiger charge is -2.15. The molecule has 0 saturated heterocycles. The molecule has 2 atom stereocenters. The number of rotatable bonds is 5. The van der Waals surface area contributed by atoms with E-state index < -0.39 is 0 Å². The quantitative estimate of drug-likeness (QED) is 0.684. The molecule has 3 aromatic rings. The predicted molar refractivity (Wildman–Crippen MR) is 109 cm³/mol. The molecule has 7 heteroatoms. The number of hydrogen-bond donors (Lipinski definition) is 2. The minimum absolute atomic E-state index is 0.136. The second kappa shape index (κ2) is 8.44. The largest absolute Gasteiger partial charge is 0.335 e. The summed E-state index contributed by atoms with van der Waals surface area (Å²) in [5.41, 5.74) is 2.28. The zero-order valence-electron chi connectivity index (χ0n) is 15.4. The van der Waals surface area contributed by atoms with E-state index in [0.717, 1.165) is 35.7 Å². The second-order valence-corrected chi connectivity index (χ2v) is 7.51. The number of carbonyl (C=O) groups is 1. The van der Waals surface area contributed by atoms with Crippen molar-refractivity contribution in [2.24, 2.45) is 0 Å². The Labute approximate surface area is 169 Å². The highest BCUT2D eigenvalue weighted by atomic mass is 35.5. The lowest BCUT2D eigenvalue weighted by atomic mass is 9.98. The molecule has 0 bridgehead atoms. The van der Waals surface area contributed by atoms with E-state index >= 15 is 0 Å². The van der Waals surface area contributed by atoms with Crippen molar-refractivity contribution in [1.82, 2.24) is 25.2 Å². The van der Waals surface area contributed by atoms with E-state index in [4.69, 9.17) is 11.6 Å². The molecule has 2 aromatic heterocycles. The number of carbonyl (C=O) groups excluding carboxylic acids is 1. The van der Waals surface area contributed by atoms with E-state index in [2.05, 4.69) is 32.7 Å². The number of halogens is 1. The van der Waals surface area contributed by atoms with Crippen LogP contribution in [-0.2, 0) is 6.54 Å². The van der Waals surface area contributed by atoms with E-state index in [-0.39, 0.29) is 12.1 Å². The topological polar surface area (TPSA) is 71.8 Å². The zero-order chi connectivity index (χ0) is 19.3. The molecule has 0 spiro atoms.